The Bertz CT molecular complexity index is 748. The monoisotopic (exact) mass is 376 g/mol. The van der Waals surface area contributed by atoms with Crippen LogP contribution in [0, 0.1) is 11.8 Å². The third-order valence-corrected chi connectivity index (χ3v) is 6.95. The first-order chi connectivity index (χ1) is 12.5. The van der Waals surface area contributed by atoms with E-state index in [1.165, 1.54) is 16.2 Å². The minimum atomic E-state index is -0.417. The van der Waals surface area contributed by atoms with E-state index < -0.39 is 5.97 Å². The maximum absolute atomic E-state index is 13.0. The zero-order valence-electron chi connectivity index (χ0n) is 15.2. The van der Waals surface area contributed by atoms with Gasteiger partial charge in [0, 0.05) is 18.0 Å². The Morgan fingerprint density at radius 3 is 2.46 bits per heavy atom. The van der Waals surface area contributed by atoms with Crippen molar-refractivity contribution in [2.24, 2.45) is 11.8 Å². The lowest BCUT2D eigenvalue weighted by Crippen LogP contribution is -2.32. The molecule has 2 unspecified atom stereocenters. The van der Waals surface area contributed by atoms with Gasteiger partial charge in [-0.3, -0.25) is 9.59 Å². The third kappa shape index (κ3) is 2.68. The largest absolute Gasteiger partial charge is 0.462 e. The van der Waals surface area contributed by atoms with Crippen molar-refractivity contribution in [3.05, 3.63) is 16.0 Å². The molecule has 2 aliphatic heterocycles. The number of rotatable bonds is 3. The zero-order valence-corrected chi connectivity index (χ0v) is 16.1. The predicted molar refractivity (Wildman–Crippen MR) is 98.3 cm³/mol. The number of ether oxygens (including phenoxy) is 1. The van der Waals surface area contributed by atoms with E-state index in [0.717, 1.165) is 55.6 Å². The summed E-state index contributed by atoms with van der Waals surface area (Å²) < 4.78 is 5.27. The normalized spacial score (nSPS) is 26.0. The number of anilines is 1. The molecule has 3 aliphatic rings. The van der Waals surface area contributed by atoms with Crippen molar-refractivity contribution in [2.45, 2.75) is 45.6 Å². The number of hydrogen-bond acceptors (Lipinski definition) is 6. The highest BCUT2D eigenvalue weighted by atomic mass is 32.1. The maximum Gasteiger partial charge on any atom is 0.341 e. The van der Waals surface area contributed by atoms with E-state index >= 15 is 0 Å². The van der Waals surface area contributed by atoms with Gasteiger partial charge in [-0.05, 0) is 38.8 Å². The zero-order chi connectivity index (χ0) is 18.4. The van der Waals surface area contributed by atoms with Crippen LogP contribution < -0.4 is 4.90 Å². The van der Waals surface area contributed by atoms with E-state index in [-0.39, 0.29) is 30.3 Å². The van der Waals surface area contributed by atoms with Crippen LogP contribution in [0.3, 0.4) is 0 Å². The number of esters is 1. The van der Waals surface area contributed by atoms with Crippen molar-refractivity contribution in [1.82, 2.24) is 4.90 Å². The molecule has 2 fully saturated rings. The van der Waals surface area contributed by atoms with Crippen molar-refractivity contribution in [2.75, 3.05) is 25.1 Å². The fraction of sp³-hybridized carbons (Fsp3) is 0.632. The molecule has 6 nitrogen and oxygen atoms in total. The Kier molecular flexibility index (Phi) is 4.61. The molecular formula is C19H24N2O4S. The SMILES string of the molecule is CCOC(=O)c1c(N2C(=O)C3CCCCC3C2=O)sc2c1CCN(C)C2. The van der Waals surface area contributed by atoms with Crippen LogP contribution in [0.4, 0.5) is 5.00 Å². The van der Waals surface area contributed by atoms with Crippen LogP contribution in [0.15, 0.2) is 0 Å². The lowest BCUT2D eigenvalue weighted by atomic mass is 9.81. The van der Waals surface area contributed by atoms with Crippen LogP contribution >= 0.6 is 11.3 Å². The lowest BCUT2D eigenvalue weighted by Gasteiger charge is -2.22. The molecule has 0 aromatic carbocycles. The number of carbonyl (C=O) groups is 3. The Labute approximate surface area is 157 Å². The van der Waals surface area contributed by atoms with Crippen LogP contribution in [0.1, 0.15) is 53.4 Å². The number of thiophene rings is 1. The Morgan fingerprint density at radius 1 is 1.19 bits per heavy atom. The summed E-state index contributed by atoms with van der Waals surface area (Å²) in [5.41, 5.74) is 1.40. The van der Waals surface area contributed by atoms with E-state index in [1.807, 2.05) is 7.05 Å². The molecule has 26 heavy (non-hydrogen) atoms. The summed E-state index contributed by atoms with van der Waals surface area (Å²) in [5.74, 6) is -1.10. The van der Waals surface area contributed by atoms with Crippen LogP contribution in [0.25, 0.3) is 0 Å². The molecule has 1 aromatic rings. The van der Waals surface area contributed by atoms with E-state index in [0.29, 0.717) is 10.6 Å². The van der Waals surface area contributed by atoms with E-state index in [9.17, 15) is 14.4 Å². The highest BCUT2D eigenvalue weighted by Crippen LogP contribution is 2.46. The molecule has 1 aliphatic carbocycles. The van der Waals surface area contributed by atoms with Crippen molar-refractivity contribution in [3.63, 3.8) is 0 Å². The minimum absolute atomic E-state index is 0.128. The van der Waals surface area contributed by atoms with Gasteiger partial charge in [-0.2, -0.15) is 0 Å². The third-order valence-electron chi connectivity index (χ3n) is 5.75. The first-order valence-electron chi connectivity index (χ1n) is 9.41. The molecule has 7 heteroatoms. The van der Waals surface area contributed by atoms with E-state index in [4.69, 9.17) is 4.74 Å². The summed E-state index contributed by atoms with van der Waals surface area (Å²) in [6.45, 7) is 3.62. The summed E-state index contributed by atoms with van der Waals surface area (Å²) in [6.07, 6.45) is 4.26. The molecule has 1 saturated heterocycles. The molecule has 2 amide bonds. The number of likely N-dealkylation sites (N-methyl/N-ethyl adjacent to an activating group) is 1. The molecule has 1 aromatic heterocycles. The fourth-order valence-electron chi connectivity index (χ4n) is 4.45. The van der Waals surface area contributed by atoms with Gasteiger partial charge < -0.3 is 9.64 Å². The smallest absolute Gasteiger partial charge is 0.341 e. The summed E-state index contributed by atoms with van der Waals surface area (Å²) in [5, 5.41) is 0.494. The van der Waals surface area contributed by atoms with Gasteiger partial charge in [-0.1, -0.05) is 12.8 Å². The van der Waals surface area contributed by atoms with E-state index in [2.05, 4.69) is 4.90 Å². The minimum Gasteiger partial charge on any atom is -0.462 e. The second-order valence-electron chi connectivity index (χ2n) is 7.40. The summed E-state index contributed by atoms with van der Waals surface area (Å²) in [7, 11) is 2.03. The number of fused-ring (bicyclic) bond motifs is 2. The summed E-state index contributed by atoms with van der Waals surface area (Å²) in [6, 6.07) is 0. The number of carbonyl (C=O) groups excluding carboxylic acids is 3. The van der Waals surface area contributed by atoms with Crippen molar-refractivity contribution in [1.29, 1.82) is 0 Å². The summed E-state index contributed by atoms with van der Waals surface area (Å²) >= 11 is 1.41. The van der Waals surface area contributed by atoms with Crippen molar-refractivity contribution in [3.8, 4) is 0 Å². The van der Waals surface area contributed by atoms with Crippen LogP contribution in [0.2, 0.25) is 0 Å². The molecule has 4 rings (SSSR count). The van der Waals surface area contributed by atoms with Crippen molar-refractivity contribution >= 4 is 34.1 Å². The molecule has 140 valence electrons. The number of imide groups is 1. The standard InChI is InChI=1S/C19H24N2O4S/c1-3-25-19(24)15-13-8-9-20(2)10-14(13)26-18(15)21-16(22)11-6-4-5-7-12(11)17(21)23/h11-12H,3-10H2,1-2H3. The van der Waals surface area contributed by atoms with Gasteiger partial charge in [-0.15, -0.1) is 11.3 Å². The van der Waals surface area contributed by atoms with E-state index in [1.54, 1.807) is 6.92 Å². The molecule has 1 saturated carbocycles. The number of hydrogen-bond donors (Lipinski definition) is 0. The van der Waals surface area contributed by atoms with Gasteiger partial charge in [-0.25, -0.2) is 9.69 Å². The molecular weight excluding hydrogens is 352 g/mol. The van der Waals surface area contributed by atoms with Gasteiger partial charge in [0.25, 0.3) is 0 Å². The summed E-state index contributed by atoms with van der Waals surface area (Å²) in [4.78, 5) is 43.3. The number of amides is 2. The first-order valence-corrected chi connectivity index (χ1v) is 10.2. The predicted octanol–water partition coefficient (Wildman–Crippen LogP) is 2.59. The number of nitrogens with zero attached hydrogens (tertiary/aromatic N) is 2. The molecule has 2 atom stereocenters. The van der Waals surface area contributed by atoms with Gasteiger partial charge in [0.05, 0.1) is 24.0 Å². The molecule has 0 spiro atoms. The maximum atomic E-state index is 13.0. The second-order valence-corrected chi connectivity index (χ2v) is 8.49. The molecule has 0 N–H and O–H groups in total. The second kappa shape index (κ2) is 6.78. The fourth-order valence-corrected chi connectivity index (χ4v) is 5.88. The first kappa shape index (κ1) is 17.7. The molecule has 0 radical (unpaired) electrons. The van der Waals surface area contributed by atoms with Gasteiger partial charge in [0.15, 0.2) is 0 Å². The van der Waals surface area contributed by atoms with Gasteiger partial charge in [0.1, 0.15) is 5.00 Å². The van der Waals surface area contributed by atoms with Crippen molar-refractivity contribution < 1.29 is 19.1 Å². The molecule has 3 heterocycles. The quantitative estimate of drug-likeness (QED) is 0.599. The van der Waals surface area contributed by atoms with Crippen LogP contribution in [0.5, 0.6) is 0 Å². The average Bonchev–Trinajstić information content (AvgIpc) is 3.10. The highest BCUT2D eigenvalue weighted by molar-refractivity contribution is 7.17. The Hall–Kier alpha value is -1.73. The van der Waals surface area contributed by atoms with Gasteiger partial charge >= 0.3 is 5.97 Å². The lowest BCUT2D eigenvalue weighted by molar-refractivity contribution is -0.122. The van der Waals surface area contributed by atoms with Crippen LogP contribution in [-0.4, -0.2) is 42.9 Å². The van der Waals surface area contributed by atoms with Crippen LogP contribution in [-0.2, 0) is 27.3 Å². The average molecular weight is 376 g/mol. The highest BCUT2D eigenvalue weighted by Gasteiger charge is 2.50. The van der Waals surface area contributed by atoms with Gasteiger partial charge in [0.2, 0.25) is 11.8 Å². The Morgan fingerprint density at radius 2 is 1.85 bits per heavy atom. The molecule has 0 bridgehead atoms. The topological polar surface area (TPSA) is 66.9 Å². The Balaban J connectivity index is 1.79.